The van der Waals surface area contributed by atoms with Crippen molar-refractivity contribution < 1.29 is 27.5 Å². The molecule has 3 rings (SSSR count). The first-order chi connectivity index (χ1) is 14.9. The number of rotatable bonds is 8. The Bertz CT molecular complexity index is 1020. The summed E-state index contributed by atoms with van der Waals surface area (Å²) in [5.74, 6) is -1.01. The SMILES string of the molecule is Cc1ccc(NC(=O)COC(=O)CCc2ccccc2)cc1S(=O)(=O)N1CCOCC1. The van der Waals surface area contributed by atoms with Crippen molar-refractivity contribution in [1.29, 1.82) is 0 Å². The van der Waals surface area contributed by atoms with E-state index in [2.05, 4.69) is 5.32 Å². The van der Waals surface area contributed by atoms with Gasteiger partial charge in [-0.15, -0.1) is 0 Å². The molecule has 1 aliphatic rings. The first kappa shape index (κ1) is 22.9. The molecule has 0 aromatic heterocycles. The molecule has 0 unspecified atom stereocenters. The average Bonchev–Trinajstić information content (AvgIpc) is 2.78. The molecule has 9 heteroatoms. The molecule has 0 bridgehead atoms. The maximum atomic E-state index is 12.9. The van der Waals surface area contributed by atoms with Gasteiger partial charge in [0.25, 0.3) is 5.91 Å². The van der Waals surface area contributed by atoms with E-state index in [0.29, 0.717) is 30.9 Å². The summed E-state index contributed by atoms with van der Waals surface area (Å²) in [4.78, 5) is 24.2. The van der Waals surface area contributed by atoms with Crippen molar-refractivity contribution in [3.63, 3.8) is 0 Å². The summed E-state index contributed by atoms with van der Waals surface area (Å²) in [6.45, 7) is 2.55. The van der Waals surface area contributed by atoms with Gasteiger partial charge in [0.05, 0.1) is 18.1 Å². The number of carbonyl (C=O) groups excluding carboxylic acids is 2. The molecule has 1 N–H and O–H groups in total. The standard InChI is InChI=1S/C22H26N2O6S/c1-17-7-9-19(15-20(17)31(27,28)24-11-13-29-14-12-24)23-21(25)16-30-22(26)10-8-18-5-3-2-4-6-18/h2-7,9,15H,8,10-14,16H2,1H3,(H,23,25). The minimum atomic E-state index is -3.69. The molecule has 1 amide bonds. The number of carbonyl (C=O) groups is 2. The van der Waals surface area contributed by atoms with Gasteiger partial charge in [-0.1, -0.05) is 36.4 Å². The number of esters is 1. The maximum Gasteiger partial charge on any atom is 0.306 e. The lowest BCUT2D eigenvalue weighted by atomic mass is 10.1. The van der Waals surface area contributed by atoms with E-state index in [1.807, 2.05) is 30.3 Å². The summed E-state index contributed by atoms with van der Waals surface area (Å²) in [6, 6.07) is 14.2. The van der Waals surface area contributed by atoms with Crippen LogP contribution in [0.3, 0.4) is 0 Å². The molecule has 166 valence electrons. The van der Waals surface area contributed by atoms with Gasteiger partial charge in [0, 0.05) is 25.2 Å². The van der Waals surface area contributed by atoms with Gasteiger partial charge in [-0.2, -0.15) is 4.31 Å². The largest absolute Gasteiger partial charge is 0.456 e. The smallest absolute Gasteiger partial charge is 0.306 e. The van der Waals surface area contributed by atoms with Crippen molar-refractivity contribution in [2.24, 2.45) is 0 Å². The summed E-state index contributed by atoms with van der Waals surface area (Å²) < 4.78 is 37.5. The van der Waals surface area contributed by atoms with Crippen molar-refractivity contribution >= 4 is 27.6 Å². The molecule has 2 aromatic rings. The van der Waals surface area contributed by atoms with Gasteiger partial charge in [-0.25, -0.2) is 8.42 Å². The lowest BCUT2D eigenvalue weighted by Gasteiger charge is -2.26. The molecule has 0 saturated carbocycles. The molecule has 1 fully saturated rings. The third-order valence-corrected chi connectivity index (χ3v) is 6.93. The van der Waals surface area contributed by atoms with Gasteiger partial charge in [-0.3, -0.25) is 9.59 Å². The van der Waals surface area contributed by atoms with Crippen LogP contribution in [0.2, 0.25) is 0 Å². The number of sulfonamides is 1. The number of amides is 1. The van der Waals surface area contributed by atoms with Crippen molar-refractivity contribution in [1.82, 2.24) is 4.31 Å². The molecule has 0 aliphatic carbocycles. The molecule has 1 heterocycles. The predicted octanol–water partition coefficient (Wildman–Crippen LogP) is 2.13. The Morgan fingerprint density at radius 1 is 1.10 bits per heavy atom. The second kappa shape index (κ2) is 10.5. The summed E-state index contributed by atoms with van der Waals surface area (Å²) in [6.07, 6.45) is 0.700. The van der Waals surface area contributed by atoms with Gasteiger partial charge < -0.3 is 14.8 Å². The zero-order chi connectivity index (χ0) is 22.3. The van der Waals surface area contributed by atoms with Crippen LogP contribution in [0.25, 0.3) is 0 Å². The number of aryl methyl sites for hydroxylation is 2. The van der Waals surface area contributed by atoms with Gasteiger partial charge in [0.2, 0.25) is 10.0 Å². The summed E-state index contributed by atoms with van der Waals surface area (Å²) in [7, 11) is -3.69. The van der Waals surface area contributed by atoms with Crippen molar-refractivity contribution in [3.05, 3.63) is 59.7 Å². The third kappa shape index (κ3) is 6.36. The summed E-state index contributed by atoms with van der Waals surface area (Å²) in [5, 5.41) is 2.59. The van der Waals surface area contributed by atoms with E-state index < -0.39 is 28.5 Å². The Hall–Kier alpha value is -2.75. The Morgan fingerprint density at radius 3 is 2.52 bits per heavy atom. The fourth-order valence-electron chi connectivity index (χ4n) is 3.19. The first-order valence-corrected chi connectivity index (χ1v) is 11.5. The lowest BCUT2D eigenvalue weighted by Crippen LogP contribution is -2.40. The van der Waals surface area contributed by atoms with Crippen LogP contribution in [0.1, 0.15) is 17.5 Å². The number of morpholine rings is 1. The minimum absolute atomic E-state index is 0.132. The zero-order valence-corrected chi connectivity index (χ0v) is 18.2. The highest BCUT2D eigenvalue weighted by Crippen LogP contribution is 2.24. The fraction of sp³-hybridized carbons (Fsp3) is 0.364. The molecule has 8 nitrogen and oxygen atoms in total. The van der Waals surface area contributed by atoms with E-state index in [4.69, 9.17) is 9.47 Å². The monoisotopic (exact) mass is 446 g/mol. The number of nitrogens with zero attached hydrogens (tertiary/aromatic N) is 1. The van der Waals surface area contributed by atoms with Crippen LogP contribution >= 0.6 is 0 Å². The summed E-state index contributed by atoms with van der Waals surface area (Å²) in [5.41, 5.74) is 1.91. The Morgan fingerprint density at radius 2 is 1.81 bits per heavy atom. The number of hydrogen-bond donors (Lipinski definition) is 1. The number of nitrogens with one attached hydrogen (secondary N) is 1. The van der Waals surface area contributed by atoms with E-state index in [1.54, 1.807) is 19.1 Å². The van der Waals surface area contributed by atoms with Crippen LogP contribution in [0.5, 0.6) is 0 Å². The van der Waals surface area contributed by atoms with E-state index >= 15 is 0 Å². The summed E-state index contributed by atoms with van der Waals surface area (Å²) >= 11 is 0. The minimum Gasteiger partial charge on any atom is -0.456 e. The first-order valence-electron chi connectivity index (χ1n) is 10.0. The Kier molecular flexibility index (Phi) is 7.78. The van der Waals surface area contributed by atoms with Gasteiger partial charge >= 0.3 is 5.97 Å². The highest BCUT2D eigenvalue weighted by Gasteiger charge is 2.28. The average molecular weight is 447 g/mol. The van der Waals surface area contributed by atoms with Gasteiger partial charge in [-0.05, 0) is 36.6 Å². The highest BCUT2D eigenvalue weighted by atomic mass is 32.2. The molecule has 31 heavy (non-hydrogen) atoms. The van der Waals surface area contributed by atoms with Crippen LogP contribution in [-0.2, 0) is 35.5 Å². The van der Waals surface area contributed by atoms with E-state index in [0.717, 1.165) is 5.56 Å². The van der Waals surface area contributed by atoms with Gasteiger partial charge in [0.1, 0.15) is 0 Å². The number of ether oxygens (including phenoxy) is 2. The molecule has 0 radical (unpaired) electrons. The van der Waals surface area contributed by atoms with Crippen molar-refractivity contribution in [3.8, 4) is 0 Å². The molecule has 1 aliphatic heterocycles. The second-order valence-corrected chi connectivity index (χ2v) is 9.10. The van der Waals surface area contributed by atoms with Gasteiger partial charge in [0.15, 0.2) is 6.61 Å². The Labute approximate surface area is 182 Å². The molecule has 2 aromatic carbocycles. The number of benzene rings is 2. The molecule has 0 atom stereocenters. The van der Waals surface area contributed by atoms with Crippen LogP contribution < -0.4 is 5.32 Å². The van der Waals surface area contributed by atoms with Crippen LogP contribution in [0.4, 0.5) is 5.69 Å². The van der Waals surface area contributed by atoms with Crippen molar-refractivity contribution in [2.45, 2.75) is 24.7 Å². The van der Waals surface area contributed by atoms with Crippen LogP contribution in [0.15, 0.2) is 53.4 Å². The van der Waals surface area contributed by atoms with E-state index in [9.17, 15) is 18.0 Å². The maximum absolute atomic E-state index is 12.9. The molecular weight excluding hydrogens is 420 g/mol. The number of hydrogen-bond acceptors (Lipinski definition) is 6. The molecule has 0 spiro atoms. The number of anilines is 1. The predicted molar refractivity (Wildman–Crippen MR) is 115 cm³/mol. The van der Waals surface area contributed by atoms with Crippen LogP contribution in [0, 0.1) is 6.92 Å². The normalized spacial score (nSPS) is 14.7. The molecule has 1 saturated heterocycles. The van der Waals surface area contributed by atoms with Crippen molar-refractivity contribution in [2.75, 3.05) is 38.2 Å². The van der Waals surface area contributed by atoms with E-state index in [1.165, 1.54) is 10.4 Å². The zero-order valence-electron chi connectivity index (χ0n) is 17.4. The Balaban J connectivity index is 1.55. The van der Waals surface area contributed by atoms with Crippen LogP contribution in [-0.4, -0.2) is 57.5 Å². The highest BCUT2D eigenvalue weighted by molar-refractivity contribution is 7.89. The second-order valence-electron chi connectivity index (χ2n) is 7.19. The lowest BCUT2D eigenvalue weighted by molar-refractivity contribution is -0.147. The quantitative estimate of drug-likeness (QED) is 0.624. The van der Waals surface area contributed by atoms with E-state index in [-0.39, 0.29) is 24.4 Å². The molecular formula is C22H26N2O6S. The third-order valence-electron chi connectivity index (χ3n) is 4.88. The topological polar surface area (TPSA) is 102 Å². The fourth-order valence-corrected chi connectivity index (χ4v) is 4.85.